The van der Waals surface area contributed by atoms with Crippen molar-refractivity contribution in [3.63, 3.8) is 0 Å². The van der Waals surface area contributed by atoms with Gasteiger partial charge in [-0.05, 0) is 17.7 Å². The van der Waals surface area contributed by atoms with Crippen molar-refractivity contribution in [1.82, 2.24) is 9.62 Å². The molecule has 0 aliphatic carbocycles. The number of nitrogens with zero attached hydrogens (tertiary/aromatic N) is 1. The van der Waals surface area contributed by atoms with Crippen LogP contribution in [0, 0.1) is 0 Å². The largest absolute Gasteiger partial charge is 0.484 e. The van der Waals surface area contributed by atoms with Gasteiger partial charge in [-0.3, -0.25) is 4.79 Å². The Hall–Kier alpha value is -1.64. The lowest BCUT2D eigenvalue weighted by Gasteiger charge is -2.14. The summed E-state index contributed by atoms with van der Waals surface area (Å²) in [5.41, 5.74) is 0.838. The summed E-state index contributed by atoms with van der Waals surface area (Å²) in [6, 6.07) is 6.93. The third-order valence-electron chi connectivity index (χ3n) is 2.89. The predicted molar refractivity (Wildman–Crippen MR) is 83.1 cm³/mol. The highest BCUT2D eigenvalue weighted by Gasteiger charge is 2.11. The molecule has 1 aromatic carbocycles. The lowest BCUT2D eigenvalue weighted by Crippen LogP contribution is -2.31. The maximum Gasteiger partial charge on any atom is 0.258 e. The van der Waals surface area contributed by atoms with Gasteiger partial charge >= 0.3 is 0 Å². The molecular formula is C14H22N2O5S. The van der Waals surface area contributed by atoms with Gasteiger partial charge in [-0.25, -0.2) is 12.7 Å². The number of amides is 1. The van der Waals surface area contributed by atoms with Crippen molar-refractivity contribution in [2.45, 2.75) is 6.54 Å². The Labute approximate surface area is 131 Å². The van der Waals surface area contributed by atoms with E-state index in [4.69, 9.17) is 9.47 Å². The summed E-state index contributed by atoms with van der Waals surface area (Å²) in [6.45, 7) is 1.10. The van der Waals surface area contributed by atoms with Crippen LogP contribution in [0.5, 0.6) is 5.75 Å². The number of hydrogen-bond acceptors (Lipinski definition) is 5. The molecule has 1 N–H and O–H groups in total. The number of nitrogens with one attached hydrogen (secondary N) is 1. The first-order valence-corrected chi connectivity index (χ1v) is 8.56. The van der Waals surface area contributed by atoms with Crippen molar-refractivity contribution in [2.24, 2.45) is 0 Å². The smallest absolute Gasteiger partial charge is 0.258 e. The number of methoxy groups -OCH3 is 1. The van der Waals surface area contributed by atoms with Crippen LogP contribution in [0.25, 0.3) is 0 Å². The third-order valence-corrected chi connectivity index (χ3v) is 4.15. The van der Waals surface area contributed by atoms with Gasteiger partial charge in [-0.1, -0.05) is 12.1 Å². The average Bonchev–Trinajstić information content (AvgIpc) is 2.46. The third kappa shape index (κ3) is 6.88. The Bertz CT molecular complexity index is 571. The van der Waals surface area contributed by atoms with Gasteiger partial charge in [0.05, 0.1) is 12.9 Å². The first-order chi connectivity index (χ1) is 10.3. The molecule has 0 aromatic heterocycles. The van der Waals surface area contributed by atoms with Crippen LogP contribution in [0.1, 0.15) is 5.56 Å². The van der Waals surface area contributed by atoms with E-state index in [9.17, 15) is 13.2 Å². The molecule has 0 spiro atoms. The van der Waals surface area contributed by atoms with E-state index in [1.54, 1.807) is 31.4 Å². The van der Waals surface area contributed by atoms with E-state index in [1.807, 2.05) is 0 Å². The van der Waals surface area contributed by atoms with Crippen LogP contribution in [0.15, 0.2) is 24.3 Å². The summed E-state index contributed by atoms with van der Waals surface area (Å²) in [6.07, 6.45) is 1.16. The highest BCUT2D eigenvalue weighted by atomic mass is 32.2. The van der Waals surface area contributed by atoms with E-state index >= 15 is 0 Å². The topological polar surface area (TPSA) is 84.9 Å². The van der Waals surface area contributed by atoms with Gasteiger partial charge in [0.1, 0.15) is 5.75 Å². The number of ether oxygens (including phenoxy) is 2. The number of benzene rings is 1. The number of carbonyl (C=O) groups excluding carboxylic acids is 1. The molecule has 0 radical (unpaired) electrons. The summed E-state index contributed by atoms with van der Waals surface area (Å²) in [7, 11) is -0.126. The zero-order valence-corrected chi connectivity index (χ0v) is 13.9. The molecule has 8 heteroatoms. The highest BCUT2D eigenvalue weighted by molar-refractivity contribution is 7.88. The first-order valence-electron chi connectivity index (χ1n) is 6.71. The lowest BCUT2D eigenvalue weighted by atomic mass is 10.2. The van der Waals surface area contributed by atoms with Gasteiger partial charge in [0.2, 0.25) is 10.0 Å². The van der Waals surface area contributed by atoms with E-state index in [0.29, 0.717) is 18.9 Å². The van der Waals surface area contributed by atoms with Crippen LogP contribution >= 0.6 is 0 Å². The number of hydrogen-bond donors (Lipinski definition) is 1. The number of sulfonamides is 1. The number of rotatable bonds is 9. The van der Waals surface area contributed by atoms with E-state index < -0.39 is 10.0 Å². The van der Waals surface area contributed by atoms with Crippen molar-refractivity contribution in [1.29, 1.82) is 0 Å². The average molecular weight is 330 g/mol. The van der Waals surface area contributed by atoms with Gasteiger partial charge in [-0.15, -0.1) is 0 Å². The monoisotopic (exact) mass is 330 g/mol. The van der Waals surface area contributed by atoms with E-state index in [2.05, 4.69) is 5.32 Å². The summed E-state index contributed by atoms with van der Waals surface area (Å²) < 4.78 is 34.1. The normalized spacial score (nSPS) is 11.5. The zero-order valence-electron chi connectivity index (χ0n) is 13.0. The van der Waals surface area contributed by atoms with Gasteiger partial charge < -0.3 is 14.8 Å². The summed E-state index contributed by atoms with van der Waals surface area (Å²) >= 11 is 0. The van der Waals surface area contributed by atoms with Gasteiger partial charge in [0.25, 0.3) is 5.91 Å². The van der Waals surface area contributed by atoms with Crippen LogP contribution in [0.4, 0.5) is 0 Å². The van der Waals surface area contributed by atoms with Crippen molar-refractivity contribution < 1.29 is 22.7 Å². The lowest BCUT2D eigenvalue weighted by molar-refractivity contribution is -0.123. The molecular weight excluding hydrogens is 308 g/mol. The molecule has 1 rings (SSSR count). The molecule has 0 atom stereocenters. The molecule has 124 valence electrons. The van der Waals surface area contributed by atoms with Crippen molar-refractivity contribution in [2.75, 3.05) is 40.2 Å². The second kappa shape index (κ2) is 8.72. The van der Waals surface area contributed by atoms with Crippen LogP contribution < -0.4 is 10.1 Å². The molecule has 22 heavy (non-hydrogen) atoms. The van der Waals surface area contributed by atoms with Gasteiger partial charge in [-0.2, -0.15) is 0 Å². The molecule has 0 heterocycles. The minimum absolute atomic E-state index is 0.0771. The Morgan fingerprint density at radius 1 is 1.27 bits per heavy atom. The fraction of sp³-hybridized carbons (Fsp3) is 0.500. The van der Waals surface area contributed by atoms with Crippen LogP contribution in [-0.4, -0.2) is 58.8 Å². The summed E-state index contributed by atoms with van der Waals surface area (Å²) in [5.74, 6) is 0.325. The predicted octanol–water partition coefficient (Wildman–Crippen LogP) is 0.219. The molecule has 0 saturated heterocycles. The molecule has 0 aliphatic heterocycles. The summed E-state index contributed by atoms with van der Waals surface area (Å²) in [4.78, 5) is 11.4. The molecule has 0 bridgehead atoms. The minimum atomic E-state index is -3.20. The second-order valence-electron chi connectivity index (χ2n) is 4.79. The summed E-state index contributed by atoms with van der Waals surface area (Å²) in [5, 5.41) is 2.65. The van der Waals surface area contributed by atoms with Crippen LogP contribution in [-0.2, 0) is 26.1 Å². The molecule has 0 aliphatic rings. The zero-order chi connectivity index (χ0) is 16.6. The molecule has 7 nitrogen and oxygen atoms in total. The highest BCUT2D eigenvalue weighted by Crippen LogP contribution is 2.14. The van der Waals surface area contributed by atoms with E-state index in [-0.39, 0.29) is 19.1 Å². The van der Waals surface area contributed by atoms with Crippen LogP contribution in [0.2, 0.25) is 0 Å². The Balaban J connectivity index is 2.43. The Morgan fingerprint density at radius 2 is 1.91 bits per heavy atom. The maximum atomic E-state index is 11.4. The molecule has 1 aromatic rings. The number of carbonyl (C=O) groups is 1. The molecule has 0 saturated carbocycles. The maximum absolute atomic E-state index is 11.4. The van der Waals surface area contributed by atoms with Gasteiger partial charge in [0.15, 0.2) is 6.61 Å². The molecule has 0 unspecified atom stereocenters. The minimum Gasteiger partial charge on any atom is -0.484 e. The SMILES string of the molecule is COCCNC(=O)COc1ccc(CN(C)S(C)(=O)=O)cc1. The Kier molecular flexibility index (Phi) is 7.30. The van der Waals surface area contributed by atoms with E-state index in [0.717, 1.165) is 11.8 Å². The quantitative estimate of drug-likeness (QED) is 0.655. The molecule has 0 fully saturated rings. The van der Waals surface area contributed by atoms with Gasteiger partial charge in [0, 0.05) is 27.2 Å². The van der Waals surface area contributed by atoms with Crippen LogP contribution in [0.3, 0.4) is 0 Å². The van der Waals surface area contributed by atoms with Crippen molar-refractivity contribution in [3.8, 4) is 5.75 Å². The van der Waals surface area contributed by atoms with Crippen molar-refractivity contribution >= 4 is 15.9 Å². The standard InChI is InChI=1S/C14H22N2O5S/c1-16(22(3,18)19)10-12-4-6-13(7-5-12)21-11-14(17)15-8-9-20-2/h4-7H,8-11H2,1-3H3,(H,15,17). The second-order valence-corrected chi connectivity index (χ2v) is 6.88. The fourth-order valence-electron chi connectivity index (χ4n) is 1.56. The van der Waals surface area contributed by atoms with Crippen molar-refractivity contribution in [3.05, 3.63) is 29.8 Å². The first kappa shape index (κ1) is 18.4. The fourth-order valence-corrected chi connectivity index (χ4v) is 1.94. The van der Waals surface area contributed by atoms with E-state index in [1.165, 1.54) is 11.4 Å². The Morgan fingerprint density at radius 3 is 2.45 bits per heavy atom. The molecule has 1 amide bonds.